The molecule has 0 amide bonds. The van der Waals surface area contributed by atoms with Gasteiger partial charge in [0.15, 0.2) is 0 Å². The Hall–Kier alpha value is -0.800. The zero-order valence-electron chi connectivity index (χ0n) is 9.47. The van der Waals surface area contributed by atoms with Crippen molar-refractivity contribution < 1.29 is 0 Å². The standard InChI is InChI=1S/C11H18ClN3/c1-4-13-11-10(12)5-9(7-15-11)6-14-8(2)3/h5,7-8,14H,4,6H2,1-3H3,(H,13,15). The van der Waals surface area contributed by atoms with Crippen LogP contribution in [0.15, 0.2) is 12.3 Å². The van der Waals surface area contributed by atoms with E-state index in [0.29, 0.717) is 11.1 Å². The molecule has 3 nitrogen and oxygen atoms in total. The average Bonchev–Trinajstić information content (AvgIpc) is 2.19. The van der Waals surface area contributed by atoms with Crippen LogP contribution < -0.4 is 10.6 Å². The zero-order valence-corrected chi connectivity index (χ0v) is 10.2. The molecule has 0 saturated carbocycles. The SMILES string of the molecule is CCNc1ncc(CNC(C)C)cc1Cl. The molecule has 0 radical (unpaired) electrons. The van der Waals surface area contributed by atoms with Gasteiger partial charge in [-0.15, -0.1) is 0 Å². The van der Waals surface area contributed by atoms with E-state index in [0.717, 1.165) is 24.5 Å². The van der Waals surface area contributed by atoms with Crippen molar-refractivity contribution in [3.05, 3.63) is 22.8 Å². The molecule has 0 aliphatic rings. The average molecular weight is 228 g/mol. The molecule has 0 aliphatic carbocycles. The van der Waals surface area contributed by atoms with Crippen molar-refractivity contribution >= 4 is 17.4 Å². The van der Waals surface area contributed by atoms with Crippen LogP contribution in [0, 0.1) is 0 Å². The van der Waals surface area contributed by atoms with Gasteiger partial charge in [0.2, 0.25) is 0 Å². The fourth-order valence-corrected chi connectivity index (χ4v) is 1.45. The van der Waals surface area contributed by atoms with E-state index in [1.165, 1.54) is 0 Å². The second-order valence-corrected chi connectivity index (χ2v) is 4.15. The van der Waals surface area contributed by atoms with Crippen LogP contribution in [0.5, 0.6) is 0 Å². The van der Waals surface area contributed by atoms with Crippen molar-refractivity contribution in [1.29, 1.82) is 0 Å². The van der Waals surface area contributed by atoms with Crippen LogP contribution in [-0.4, -0.2) is 17.6 Å². The predicted molar refractivity (Wildman–Crippen MR) is 65.4 cm³/mol. The topological polar surface area (TPSA) is 37.0 Å². The summed E-state index contributed by atoms with van der Waals surface area (Å²) in [4.78, 5) is 4.26. The van der Waals surface area contributed by atoms with Crippen LogP contribution in [0.4, 0.5) is 5.82 Å². The summed E-state index contributed by atoms with van der Waals surface area (Å²) < 4.78 is 0. The first kappa shape index (κ1) is 12.3. The van der Waals surface area contributed by atoms with E-state index >= 15 is 0 Å². The van der Waals surface area contributed by atoms with Crippen LogP contribution in [-0.2, 0) is 6.54 Å². The van der Waals surface area contributed by atoms with Gasteiger partial charge in [0.05, 0.1) is 5.02 Å². The number of anilines is 1. The van der Waals surface area contributed by atoms with E-state index in [1.54, 1.807) is 0 Å². The molecule has 0 aliphatic heterocycles. The van der Waals surface area contributed by atoms with Crippen molar-refractivity contribution in [3.8, 4) is 0 Å². The van der Waals surface area contributed by atoms with Crippen molar-refractivity contribution in [2.75, 3.05) is 11.9 Å². The molecule has 1 aromatic rings. The Labute approximate surface area is 96.2 Å². The molecule has 0 atom stereocenters. The third kappa shape index (κ3) is 4.06. The normalized spacial score (nSPS) is 10.7. The van der Waals surface area contributed by atoms with Gasteiger partial charge in [0.25, 0.3) is 0 Å². The predicted octanol–water partition coefficient (Wildman–Crippen LogP) is 2.66. The van der Waals surface area contributed by atoms with E-state index in [4.69, 9.17) is 11.6 Å². The highest BCUT2D eigenvalue weighted by atomic mass is 35.5. The molecule has 4 heteroatoms. The third-order valence-corrected chi connectivity index (χ3v) is 2.24. The summed E-state index contributed by atoms with van der Waals surface area (Å²) >= 11 is 6.07. The van der Waals surface area contributed by atoms with Gasteiger partial charge in [0, 0.05) is 25.3 Å². The maximum atomic E-state index is 6.07. The lowest BCUT2D eigenvalue weighted by Crippen LogP contribution is -2.21. The minimum absolute atomic E-state index is 0.470. The lowest BCUT2D eigenvalue weighted by Gasteiger charge is -2.10. The molecule has 0 saturated heterocycles. The number of aromatic nitrogens is 1. The van der Waals surface area contributed by atoms with Gasteiger partial charge in [-0.05, 0) is 18.6 Å². The Balaban J connectivity index is 2.64. The van der Waals surface area contributed by atoms with Crippen molar-refractivity contribution in [2.24, 2.45) is 0 Å². The molecule has 0 unspecified atom stereocenters. The first-order valence-corrected chi connectivity index (χ1v) is 5.63. The van der Waals surface area contributed by atoms with Crippen LogP contribution in [0.2, 0.25) is 5.02 Å². The van der Waals surface area contributed by atoms with Crippen LogP contribution in [0.3, 0.4) is 0 Å². The molecule has 0 aromatic carbocycles. The number of hydrogen-bond donors (Lipinski definition) is 2. The highest BCUT2D eigenvalue weighted by Crippen LogP contribution is 2.19. The van der Waals surface area contributed by atoms with Gasteiger partial charge in [-0.1, -0.05) is 25.4 Å². The first-order valence-electron chi connectivity index (χ1n) is 5.25. The van der Waals surface area contributed by atoms with E-state index in [-0.39, 0.29) is 0 Å². The quantitative estimate of drug-likeness (QED) is 0.812. The highest BCUT2D eigenvalue weighted by molar-refractivity contribution is 6.32. The Bertz CT molecular complexity index is 313. The maximum absolute atomic E-state index is 6.07. The monoisotopic (exact) mass is 227 g/mol. The Morgan fingerprint density at radius 1 is 1.47 bits per heavy atom. The lowest BCUT2D eigenvalue weighted by atomic mass is 10.2. The molecule has 1 rings (SSSR count). The van der Waals surface area contributed by atoms with Crippen LogP contribution in [0.1, 0.15) is 26.3 Å². The largest absolute Gasteiger partial charge is 0.369 e. The molecule has 15 heavy (non-hydrogen) atoms. The Morgan fingerprint density at radius 3 is 2.73 bits per heavy atom. The fraction of sp³-hybridized carbons (Fsp3) is 0.545. The van der Waals surface area contributed by atoms with E-state index < -0.39 is 0 Å². The summed E-state index contributed by atoms with van der Waals surface area (Å²) in [7, 11) is 0. The molecule has 84 valence electrons. The summed E-state index contributed by atoms with van der Waals surface area (Å²) in [6.07, 6.45) is 1.85. The van der Waals surface area contributed by atoms with Crippen molar-refractivity contribution in [3.63, 3.8) is 0 Å². The summed E-state index contributed by atoms with van der Waals surface area (Å²) in [5.74, 6) is 0.757. The molecule has 0 bridgehead atoms. The number of halogens is 1. The number of nitrogens with one attached hydrogen (secondary N) is 2. The minimum atomic E-state index is 0.470. The van der Waals surface area contributed by atoms with Crippen molar-refractivity contribution in [1.82, 2.24) is 10.3 Å². The first-order chi connectivity index (χ1) is 7.13. The summed E-state index contributed by atoms with van der Waals surface area (Å²) in [5.41, 5.74) is 1.11. The van der Waals surface area contributed by atoms with E-state index in [1.807, 2.05) is 19.2 Å². The number of hydrogen-bond acceptors (Lipinski definition) is 3. The third-order valence-electron chi connectivity index (χ3n) is 1.96. The zero-order chi connectivity index (χ0) is 11.3. The molecule has 1 heterocycles. The van der Waals surface area contributed by atoms with Gasteiger partial charge in [-0.25, -0.2) is 4.98 Å². The van der Waals surface area contributed by atoms with E-state index in [9.17, 15) is 0 Å². The molecule has 1 aromatic heterocycles. The minimum Gasteiger partial charge on any atom is -0.369 e. The summed E-state index contributed by atoms with van der Waals surface area (Å²) in [6.45, 7) is 7.88. The smallest absolute Gasteiger partial charge is 0.144 e. The second kappa shape index (κ2) is 5.93. The summed E-state index contributed by atoms with van der Waals surface area (Å²) in [6, 6.07) is 2.42. The van der Waals surface area contributed by atoms with Crippen LogP contribution in [0.25, 0.3) is 0 Å². The number of rotatable bonds is 5. The number of pyridine rings is 1. The van der Waals surface area contributed by atoms with Gasteiger partial charge < -0.3 is 10.6 Å². The van der Waals surface area contributed by atoms with Gasteiger partial charge in [-0.2, -0.15) is 0 Å². The second-order valence-electron chi connectivity index (χ2n) is 3.74. The molecule has 0 spiro atoms. The Morgan fingerprint density at radius 2 is 2.20 bits per heavy atom. The fourth-order valence-electron chi connectivity index (χ4n) is 1.19. The molecular formula is C11H18ClN3. The molecule has 0 fully saturated rings. The van der Waals surface area contributed by atoms with Gasteiger partial charge >= 0.3 is 0 Å². The van der Waals surface area contributed by atoms with E-state index in [2.05, 4.69) is 29.5 Å². The summed E-state index contributed by atoms with van der Waals surface area (Å²) in [5, 5.41) is 7.11. The van der Waals surface area contributed by atoms with Crippen LogP contribution >= 0.6 is 11.6 Å². The van der Waals surface area contributed by atoms with Crippen molar-refractivity contribution in [2.45, 2.75) is 33.4 Å². The van der Waals surface area contributed by atoms with Gasteiger partial charge in [0.1, 0.15) is 5.82 Å². The molecule has 2 N–H and O–H groups in total. The maximum Gasteiger partial charge on any atom is 0.144 e. The molecular weight excluding hydrogens is 210 g/mol. The van der Waals surface area contributed by atoms with Gasteiger partial charge in [-0.3, -0.25) is 0 Å². The number of nitrogens with zero attached hydrogens (tertiary/aromatic N) is 1. The highest BCUT2D eigenvalue weighted by Gasteiger charge is 2.02. The Kier molecular flexibility index (Phi) is 4.85. The lowest BCUT2D eigenvalue weighted by molar-refractivity contribution is 0.588.